The van der Waals surface area contributed by atoms with Gasteiger partial charge in [0.2, 0.25) is 0 Å². The van der Waals surface area contributed by atoms with Crippen molar-refractivity contribution in [3.8, 4) is 0 Å². The predicted molar refractivity (Wildman–Crippen MR) is 64.2 cm³/mol. The second kappa shape index (κ2) is 13.8. The third-order valence-electron chi connectivity index (χ3n) is 1.13. The van der Waals surface area contributed by atoms with Crippen LogP contribution in [0.4, 0.5) is 0 Å². The van der Waals surface area contributed by atoms with Gasteiger partial charge in [0.1, 0.15) is 0 Å². The fraction of sp³-hybridized carbons (Fsp3) is 0.727. The van der Waals surface area contributed by atoms with E-state index in [1.165, 1.54) is 0 Å². The maximum atomic E-state index is 4.39. The van der Waals surface area contributed by atoms with Gasteiger partial charge < -0.3 is 25.2 Å². The van der Waals surface area contributed by atoms with Crippen molar-refractivity contribution in [2.75, 3.05) is 0 Å². The zero-order valence-corrected chi connectivity index (χ0v) is 12.9. The Kier molecular flexibility index (Phi) is 23.8. The Morgan fingerprint density at radius 2 is 1.57 bits per heavy atom. The van der Waals surface area contributed by atoms with Crippen LogP contribution >= 0.6 is 0 Å². The molecule has 0 saturated heterocycles. The van der Waals surface area contributed by atoms with Crippen LogP contribution in [0.25, 0.3) is 5.32 Å². The van der Waals surface area contributed by atoms with Crippen LogP contribution in [-0.4, -0.2) is 17.9 Å². The van der Waals surface area contributed by atoms with E-state index in [-0.39, 0.29) is 54.8 Å². The minimum atomic E-state index is 0. The maximum absolute atomic E-state index is 4.39. The van der Waals surface area contributed by atoms with E-state index in [2.05, 4.69) is 44.9 Å². The molecule has 0 aromatic carbocycles. The topological polar surface area (TPSA) is 26.5 Å². The predicted octanol–water partition coefficient (Wildman–Crippen LogP) is 3.89. The summed E-state index contributed by atoms with van der Waals surface area (Å²) in [6, 6.07) is 0.736. The first-order valence-corrected chi connectivity index (χ1v) is 4.33. The summed E-state index contributed by atoms with van der Waals surface area (Å²) in [5.41, 5.74) is 0. The van der Waals surface area contributed by atoms with Crippen molar-refractivity contribution in [2.45, 2.75) is 53.1 Å². The molecule has 0 bridgehead atoms. The van der Waals surface area contributed by atoms with Gasteiger partial charge in [0.25, 0.3) is 0 Å². The number of hydrogen-bond acceptors (Lipinski definition) is 1. The van der Waals surface area contributed by atoms with Crippen LogP contribution < -0.4 is 0 Å². The van der Waals surface area contributed by atoms with Gasteiger partial charge in [-0.25, -0.2) is 0 Å². The van der Waals surface area contributed by atoms with Crippen molar-refractivity contribution in [1.82, 2.24) is 0 Å². The number of aliphatic imine (C=N–C) groups is 1. The summed E-state index contributed by atoms with van der Waals surface area (Å²) in [6.45, 7) is 10.4. The molecule has 0 heterocycles. The van der Waals surface area contributed by atoms with Gasteiger partial charge in [-0.3, -0.25) is 0 Å². The molecular formula is C11H25GdN2. The van der Waals surface area contributed by atoms with Gasteiger partial charge >= 0.3 is 39.9 Å². The molecule has 0 aliphatic carbocycles. The summed E-state index contributed by atoms with van der Waals surface area (Å²) >= 11 is 0. The van der Waals surface area contributed by atoms with Gasteiger partial charge in [0.15, 0.2) is 0 Å². The van der Waals surface area contributed by atoms with Gasteiger partial charge in [-0.05, 0) is 18.5 Å². The SMILES string of the molecule is CCC(=NC(C)C)[N-]C(C)C.[CH3-].[CH3-].[Gd+3]. The van der Waals surface area contributed by atoms with Gasteiger partial charge in [-0.15, -0.1) is 0 Å². The zero-order valence-electron chi connectivity index (χ0n) is 10.6. The Labute approximate surface area is 123 Å². The van der Waals surface area contributed by atoms with Crippen molar-refractivity contribution >= 4 is 5.84 Å². The van der Waals surface area contributed by atoms with Crippen LogP contribution in [0.3, 0.4) is 0 Å². The second-order valence-corrected chi connectivity index (χ2v) is 3.22. The maximum Gasteiger partial charge on any atom is 3.00 e. The number of hydrogen-bond donors (Lipinski definition) is 0. The van der Waals surface area contributed by atoms with Crippen molar-refractivity contribution in [3.05, 3.63) is 20.2 Å². The molecule has 0 aliphatic heterocycles. The Bertz CT molecular complexity index is 131. The average Bonchev–Trinajstić information content (AvgIpc) is 1.84. The van der Waals surface area contributed by atoms with Gasteiger partial charge in [-0.2, -0.15) is 0 Å². The Balaban J connectivity index is -0.000000167. The molecule has 3 heteroatoms. The minimum absolute atomic E-state index is 0. The first-order chi connectivity index (χ1) is 5.06. The summed E-state index contributed by atoms with van der Waals surface area (Å²) in [7, 11) is 0. The van der Waals surface area contributed by atoms with Crippen molar-refractivity contribution < 1.29 is 39.9 Å². The molecule has 0 saturated carbocycles. The quantitative estimate of drug-likeness (QED) is 0.423. The molecule has 1 radical (unpaired) electrons. The van der Waals surface area contributed by atoms with E-state index in [4.69, 9.17) is 0 Å². The number of amidine groups is 1. The molecule has 0 unspecified atom stereocenters. The molecule has 0 spiro atoms. The third kappa shape index (κ3) is 15.3. The molecule has 2 nitrogen and oxygen atoms in total. The molecule has 87 valence electrons. The Morgan fingerprint density at radius 1 is 1.14 bits per heavy atom. The second-order valence-electron chi connectivity index (χ2n) is 3.22. The minimum Gasteiger partial charge on any atom is -0.466 e. The average molecular weight is 343 g/mol. The third-order valence-corrected chi connectivity index (χ3v) is 1.13. The first-order valence-electron chi connectivity index (χ1n) is 4.33. The van der Waals surface area contributed by atoms with Crippen LogP contribution in [0.5, 0.6) is 0 Å². The van der Waals surface area contributed by atoms with Gasteiger partial charge in [0, 0.05) is 0 Å². The monoisotopic (exact) mass is 343 g/mol. The van der Waals surface area contributed by atoms with E-state index >= 15 is 0 Å². The van der Waals surface area contributed by atoms with Crippen molar-refractivity contribution in [2.24, 2.45) is 4.99 Å². The molecular weight excluding hydrogens is 317 g/mol. The Hall–Kier alpha value is 0.795. The van der Waals surface area contributed by atoms with E-state index in [1.54, 1.807) is 0 Å². The standard InChI is InChI=1S/C9H19N2.2CH3.Gd/c1-6-9(10-7(2)3)11-8(4)5;;;/h7-8H,6H2,1-5H3;2*1H3;/q3*-1;+3. The van der Waals surface area contributed by atoms with Crippen LogP contribution in [0.1, 0.15) is 41.0 Å². The van der Waals surface area contributed by atoms with Crippen molar-refractivity contribution in [3.63, 3.8) is 0 Å². The summed E-state index contributed by atoms with van der Waals surface area (Å²) in [5, 5.41) is 4.39. The van der Waals surface area contributed by atoms with E-state index in [0.717, 1.165) is 12.3 Å². The summed E-state index contributed by atoms with van der Waals surface area (Å²) in [6.07, 6.45) is 0.941. The molecule has 0 fully saturated rings. The van der Waals surface area contributed by atoms with E-state index in [0.29, 0.717) is 12.1 Å². The molecule has 0 aromatic rings. The number of rotatable bonds is 3. The van der Waals surface area contributed by atoms with E-state index in [9.17, 15) is 0 Å². The molecule has 0 atom stereocenters. The molecule has 14 heavy (non-hydrogen) atoms. The largest absolute Gasteiger partial charge is 3.00 e. The van der Waals surface area contributed by atoms with Crippen LogP contribution in [0, 0.1) is 54.8 Å². The number of nitrogens with zero attached hydrogens (tertiary/aromatic N) is 2. The zero-order chi connectivity index (χ0) is 8.85. The summed E-state index contributed by atoms with van der Waals surface area (Å²) in [5.74, 6) is 0.995. The normalized spacial score (nSPS) is 10.1. The van der Waals surface area contributed by atoms with Crippen LogP contribution in [-0.2, 0) is 0 Å². The fourth-order valence-corrected chi connectivity index (χ4v) is 0.812. The Morgan fingerprint density at radius 3 is 1.79 bits per heavy atom. The van der Waals surface area contributed by atoms with Gasteiger partial charge in [0.05, 0.1) is 0 Å². The van der Waals surface area contributed by atoms with Crippen molar-refractivity contribution in [1.29, 1.82) is 0 Å². The fourth-order valence-electron chi connectivity index (χ4n) is 0.812. The van der Waals surface area contributed by atoms with Crippen LogP contribution in [0.2, 0.25) is 0 Å². The smallest absolute Gasteiger partial charge is 0.466 e. The summed E-state index contributed by atoms with van der Waals surface area (Å²) in [4.78, 5) is 4.39. The molecule has 0 aliphatic rings. The molecule has 0 rings (SSSR count). The summed E-state index contributed by atoms with van der Waals surface area (Å²) < 4.78 is 0. The van der Waals surface area contributed by atoms with E-state index in [1.807, 2.05) is 0 Å². The molecule has 0 amide bonds. The molecule has 0 N–H and O–H groups in total. The van der Waals surface area contributed by atoms with Gasteiger partial charge in [-0.1, -0.05) is 40.5 Å². The van der Waals surface area contributed by atoms with Crippen LogP contribution in [0.15, 0.2) is 4.99 Å². The first kappa shape index (κ1) is 24.2. The molecule has 0 aromatic heterocycles. The van der Waals surface area contributed by atoms with E-state index < -0.39 is 0 Å².